The summed E-state index contributed by atoms with van der Waals surface area (Å²) in [6.07, 6.45) is 2.78. The maximum absolute atomic E-state index is 11.9. The quantitative estimate of drug-likeness (QED) is 0.786. The molecule has 1 unspecified atom stereocenters. The number of benzene rings is 1. The second kappa shape index (κ2) is 7.51. The summed E-state index contributed by atoms with van der Waals surface area (Å²) >= 11 is 0.892. The SMILES string of the molecule is CC(=O)Nc1ccc(N2CCC(N(C)C)C2)c(/C=C2\SC(=O)NC2=O)c1. The minimum atomic E-state index is -0.386. The van der Waals surface area contributed by atoms with Gasteiger partial charge in [-0.1, -0.05) is 0 Å². The van der Waals surface area contributed by atoms with E-state index in [1.807, 2.05) is 18.2 Å². The van der Waals surface area contributed by atoms with Gasteiger partial charge in [-0.05, 0) is 56.6 Å². The number of carbonyl (C=O) groups excluding carboxylic acids is 3. The van der Waals surface area contributed by atoms with E-state index in [1.54, 1.807) is 6.08 Å². The van der Waals surface area contributed by atoms with E-state index >= 15 is 0 Å². The molecule has 7 nitrogen and oxygen atoms in total. The maximum Gasteiger partial charge on any atom is 0.290 e. The summed E-state index contributed by atoms with van der Waals surface area (Å²) in [6.45, 7) is 3.25. The molecule has 0 aromatic heterocycles. The Kier molecular flexibility index (Phi) is 5.33. The molecular weight excluding hydrogens is 352 g/mol. The van der Waals surface area contributed by atoms with Crippen molar-refractivity contribution in [3.8, 4) is 0 Å². The zero-order valence-electron chi connectivity index (χ0n) is 15.0. The number of anilines is 2. The Hall–Kier alpha value is -2.32. The summed E-state index contributed by atoms with van der Waals surface area (Å²) < 4.78 is 0. The van der Waals surface area contributed by atoms with Crippen LogP contribution in [0, 0.1) is 0 Å². The van der Waals surface area contributed by atoms with Gasteiger partial charge in [0.05, 0.1) is 4.91 Å². The van der Waals surface area contributed by atoms with Crippen molar-refractivity contribution in [3.05, 3.63) is 28.7 Å². The first kappa shape index (κ1) is 18.5. The van der Waals surface area contributed by atoms with Crippen LogP contribution in [0.4, 0.5) is 16.2 Å². The molecule has 2 heterocycles. The van der Waals surface area contributed by atoms with Gasteiger partial charge in [0.2, 0.25) is 5.91 Å². The Morgan fingerprint density at radius 3 is 2.73 bits per heavy atom. The zero-order valence-corrected chi connectivity index (χ0v) is 15.9. The Bertz CT molecular complexity index is 791. The molecule has 138 valence electrons. The highest BCUT2D eigenvalue weighted by atomic mass is 32.2. The van der Waals surface area contributed by atoms with Gasteiger partial charge in [0.25, 0.3) is 11.1 Å². The molecule has 0 aliphatic carbocycles. The van der Waals surface area contributed by atoms with Crippen molar-refractivity contribution in [2.24, 2.45) is 0 Å². The molecular formula is C18H22N4O3S. The molecule has 1 aromatic carbocycles. The number of nitrogens with one attached hydrogen (secondary N) is 2. The summed E-state index contributed by atoms with van der Waals surface area (Å²) in [5, 5.41) is 4.67. The highest BCUT2D eigenvalue weighted by Crippen LogP contribution is 2.33. The van der Waals surface area contributed by atoms with Crippen molar-refractivity contribution in [3.63, 3.8) is 0 Å². The average molecular weight is 374 g/mol. The van der Waals surface area contributed by atoms with Crippen LogP contribution in [-0.2, 0) is 9.59 Å². The Balaban J connectivity index is 1.96. The molecule has 3 rings (SSSR count). The minimum absolute atomic E-state index is 0.159. The van der Waals surface area contributed by atoms with E-state index in [2.05, 4.69) is 34.5 Å². The van der Waals surface area contributed by atoms with Crippen LogP contribution in [0.15, 0.2) is 23.1 Å². The third kappa shape index (κ3) is 4.08. The second-order valence-electron chi connectivity index (χ2n) is 6.66. The lowest BCUT2D eigenvalue weighted by Gasteiger charge is -2.24. The first-order valence-corrected chi connectivity index (χ1v) is 9.23. The number of nitrogens with zero attached hydrogens (tertiary/aromatic N) is 2. The van der Waals surface area contributed by atoms with Crippen LogP contribution < -0.4 is 15.5 Å². The molecule has 8 heteroatoms. The van der Waals surface area contributed by atoms with Gasteiger partial charge in [0, 0.05) is 43.0 Å². The number of carbonyl (C=O) groups is 3. The molecule has 0 radical (unpaired) electrons. The van der Waals surface area contributed by atoms with Gasteiger partial charge in [-0.3, -0.25) is 19.7 Å². The molecule has 2 fully saturated rings. The molecule has 2 aliphatic rings. The molecule has 1 atom stereocenters. The number of imide groups is 1. The van der Waals surface area contributed by atoms with Crippen LogP contribution in [0.25, 0.3) is 6.08 Å². The highest BCUT2D eigenvalue weighted by molar-refractivity contribution is 8.18. The molecule has 2 N–H and O–H groups in total. The van der Waals surface area contributed by atoms with Crippen LogP contribution in [-0.4, -0.2) is 55.2 Å². The van der Waals surface area contributed by atoms with Crippen molar-refractivity contribution >= 4 is 46.3 Å². The van der Waals surface area contributed by atoms with E-state index in [-0.39, 0.29) is 17.1 Å². The van der Waals surface area contributed by atoms with Gasteiger partial charge < -0.3 is 15.1 Å². The van der Waals surface area contributed by atoms with Crippen LogP contribution in [0.1, 0.15) is 18.9 Å². The lowest BCUT2D eigenvalue weighted by Crippen LogP contribution is -2.31. The third-order valence-corrected chi connectivity index (χ3v) is 5.32. The van der Waals surface area contributed by atoms with Crippen molar-refractivity contribution in [1.29, 1.82) is 0 Å². The molecule has 0 bridgehead atoms. The fourth-order valence-corrected chi connectivity index (χ4v) is 3.86. The van der Waals surface area contributed by atoms with Gasteiger partial charge in [0.1, 0.15) is 0 Å². The van der Waals surface area contributed by atoms with Crippen molar-refractivity contribution in [1.82, 2.24) is 10.2 Å². The fraction of sp³-hybridized carbons (Fsp3) is 0.389. The smallest absolute Gasteiger partial charge is 0.290 e. The molecule has 2 aliphatic heterocycles. The zero-order chi connectivity index (χ0) is 18.8. The van der Waals surface area contributed by atoms with Gasteiger partial charge in [-0.2, -0.15) is 0 Å². The molecule has 2 saturated heterocycles. The largest absolute Gasteiger partial charge is 0.369 e. The van der Waals surface area contributed by atoms with Crippen LogP contribution in [0.5, 0.6) is 0 Å². The minimum Gasteiger partial charge on any atom is -0.369 e. The fourth-order valence-electron chi connectivity index (χ4n) is 3.18. The third-order valence-electron chi connectivity index (χ3n) is 4.51. The summed E-state index contributed by atoms with van der Waals surface area (Å²) in [4.78, 5) is 39.6. The molecule has 26 heavy (non-hydrogen) atoms. The number of hydrogen-bond donors (Lipinski definition) is 2. The van der Waals surface area contributed by atoms with Crippen molar-refractivity contribution in [2.75, 3.05) is 37.4 Å². The van der Waals surface area contributed by atoms with Gasteiger partial charge in [-0.25, -0.2) is 0 Å². The molecule has 0 spiro atoms. The maximum atomic E-state index is 11.9. The Labute approximate surface area is 156 Å². The predicted octanol–water partition coefficient (Wildman–Crippen LogP) is 2.11. The van der Waals surface area contributed by atoms with E-state index in [4.69, 9.17) is 0 Å². The number of hydrogen-bond acceptors (Lipinski definition) is 6. The summed E-state index contributed by atoms with van der Waals surface area (Å²) in [5.74, 6) is -0.545. The van der Waals surface area contributed by atoms with E-state index < -0.39 is 0 Å². The number of amides is 3. The van der Waals surface area contributed by atoms with E-state index in [9.17, 15) is 14.4 Å². The monoisotopic (exact) mass is 374 g/mol. The lowest BCUT2D eigenvalue weighted by molar-refractivity contribution is -0.115. The van der Waals surface area contributed by atoms with Crippen LogP contribution >= 0.6 is 11.8 Å². The van der Waals surface area contributed by atoms with Crippen LogP contribution in [0.3, 0.4) is 0 Å². The standard InChI is InChI=1S/C18H22N4O3S/c1-11(23)19-13-4-5-15(22-7-6-14(10-22)21(2)3)12(8-13)9-16-17(24)20-18(25)26-16/h4-5,8-9,14H,6-7,10H2,1-3H3,(H,19,23)(H,20,24,25)/b16-9-. The topological polar surface area (TPSA) is 81.8 Å². The molecule has 1 aromatic rings. The van der Waals surface area contributed by atoms with E-state index in [0.29, 0.717) is 16.6 Å². The van der Waals surface area contributed by atoms with E-state index in [1.165, 1.54) is 6.92 Å². The summed E-state index contributed by atoms with van der Waals surface area (Å²) in [7, 11) is 4.14. The molecule has 0 saturated carbocycles. The number of likely N-dealkylation sites (N-methyl/N-ethyl adjacent to an activating group) is 1. The first-order valence-electron chi connectivity index (χ1n) is 8.41. The number of rotatable bonds is 4. The highest BCUT2D eigenvalue weighted by Gasteiger charge is 2.28. The second-order valence-corrected chi connectivity index (χ2v) is 7.67. The summed E-state index contributed by atoms with van der Waals surface area (Å²) in [6, 6.07) is 6.11. The Morgan fingerprint density at radius 2 is 2.15 bits per heavy atom. The first-order chi connectivity index (χ1) is 12.3. The van der Waals surface area contributed by atoms with Gasteiger partial charge in [-0.15, -0.1) is 0 Å². The number of thioether (sulfide) groups is 1. The van der Waals surface area contributed by atoms with Crippen molar-refractivity contribution in [2.45, 2.75) is 19.4 Å². The van der Waals surface area contributed by atoms with Crippen molar-refractivity contribution < 1.29 is 14.4 Å². The molecule has 3 amide bonds. The van der Waals surface area contributed by atoms with Gasteiger partial charge in [0.15, 0.2) is 0 Å². The van der Waals surface area contributed by atoms with Gasteiger partial charge >= 0.3 is 0 Å². The normalized spacial score (nSPS) is 21.6. The lowest BCUT2D eigenvalue weighted by atomic mass is 10.1. The van der Waals surface area contributed by atoms with Crippen LogP contribution in [0.2, 0.25) is 0 Å². The Morgan fingerprint density at radius 1 is 1.38 bits per heavy atom. The van der Waals surface area contributed by atoms with E-state index in [0.717, 1.165) is 42.5 Å². The summed E-state index contributed by atoms with van der Waals surface area (Å²) in [5.41, 5.74) is 2.46. The average Bonchev–Trinajstić information content (AvgIpc) is 3.14. The predicted molar refractivity (Wildman–Crippen MR) is 104 cm³/mol.